The van der Waals surface area contributed by atoms with Gasteiger partial charge in [-0.3, -0.25) is 4.79 Å². The van der Waals surface area contributed by atoms with Crippen molar-refractivity contribution in [1.29, 1.82) is 5.26 Å². The van der Waals surface area contributed by atoms with Crippen LogP contribution in [-0.2, 0) is 0 Å². The SMILES string of the molecule is CCC(=O)c1sc(N2CCN(CC)CC2)c(C#N)c1N. The predicted octanol–water partition coefficient (Wildman–Crippen LogP) is 1.94. The van der Waals surface area contributed by atoms with Crippen molar-refractivity contribution in [2.45, 2.75) is 20.3 Å². The molecule has 0 amide bonds. The lowest BCUT2D eigenvalue weighted by molar-refractivity contribution is 0.0993. The molecule has 0 spiro atoms. The normalized spacial score (nSPS) is 16.1. The summed E-state index contributed by atoms with van der Waals surface area (Å²) in [5.41, 5.74) is 6.81. The van der Waals surface area contributed by atoms with Crippen LogP contribution in [0.1, 0.15) is 35.5 Å². The van der Waals surface area contributed by atoms with Crippen LogP contribution in [0.15, 0.2) is 0 Å². The smallest absolute Gasteiger partial charge is 0.174 e. The van der Waals surface area contributed by atoms with Crippen molar-refractivity contribution in [3.63, 3.8) is 0 Å². The van der Waals surface area contributed by atoms with E-state index in [9.17, 15) is 10.1 Å². The van der Waals surface area contributed by atoms with Crippen LogP contribution in [0.4, 0.5) is 10.7 Å². The molecular weight excluding hydrogens is 272 g/mol. The van der Waals surface area contributed by atoms with Crippen LogP contribution in [0, 0.1) is 11.3 Å². The number of thiophene rings is 1. The van der Waals surface area contributed by atoms with E-state index in [2.05, 4.69) is 22.8 Å². The number of piperazine rings is 1. The molecule has 1 aliphatic rings. The summed E-state index contributed by atoms with van der Waals surface area (Å²) in [6, 6.07) is 2.16. The number of nitriles is 1. The number of likely N-dealkylation sites (N-methyl/N-ethyl adjacent to an activating group) is 1. The van der Waals surface area contributed by atoms with Crippen LogP contribution < -0.4 is 10.6 Å². The molecule has 2 rings (SSSR count). The van der Waals surface area contributed by atoms with Crippen LogP contribution >= 0.6 is 11.3 Å². The van der Waals surface area contributed by atoms with Gasteiger partial charge in [0.2, 0.25) is 0 Å². The summed E-state index contributed by atoms with van der Waals surface area (Å²) in [6.07, 6.45) is 0.415. The number of hydrogen-bond donors (Lipinski definition) is 1. The van der Waals surface area contributed by atoms with Crippen molar-refractivity contribution in [1.82, 2.24) is 4.90 Å². The van der Waals surface area contributed by atoms with Gasteiger partial charge in [-0.05, 0) is 6.54 Å². The molecule has 0 atom stereocenters. The molecule has 0 aliphatic carbocycles. The first-order valence-corrected chi connectivity index (χ1v) is 7.76. The van der Waals surface area contributed by atoms with Gasteiger partial charge in [0.15, 0.2) is 5.78 Å². The monoisotopic (exact) mass is 292 g/mol. The zero-order valence-corrected chi connectivity index (χ0v) is 12.8. The molecule has 20 heavy (non-hydrogen) atoms. The maximum Gasteiger partial charge on any atom is 0.174 e. The number of carbonyl (C=O) groups is 1. The van der Waals surface area contributed by atoms with Gasteiger partial charge in [-0.1, -0.05) is 13.8 Å². The molecule has 108 valence electrons. The molecule has 5 nitrogen and oxygen atoms in total. The van der Waals surface area contributed by atoms with Crippen molar-refractivity contribution in [3.8, 4) is 6.07 Å². The lowest BCUT2D eigenvalue weighted by Gasteiger charge is -2.34. The molecule has 1 saturated heterocycles. The Balaban J connectivity index is 2.28. The van der Waals surface area contributed by atoms with Gasteiger partial charge in [-0.2, -0.15) is 5.26 Å². The minimum Gasteiger partial charge on any atom is -0.396 e. The van der Waals surface area contributed by atoms with Gasteiger partial charge in [-0.25, -0.2) is 0 Å². The fraction of sp³-hybridized carbons (Fsp3) is 0.571. The van der Waals surface area contributed by atoms with Crippen molar-refractivity contribution in [2.75, 3.05) is 43.4 Å². The summed E-state index contributed by atoms with van der Waals surface area (Å²) in [6.45, 7) is 8.73. The Morgan fingerprint density at radius 1 is 1.35 bits per heavy atom. The molecule has 0 bridgehead atoms. The zero-order chi connectivity index (χ0) is 14.7. The number of hydrogen-bond acceptors (Lipinski definition) is 6. The summed E-state index contributed by atoms with van der Waals surface area (Å²) < 4.78 is 0. The Kier molecular flexibility index (Phi) is 4.63. The molecule has 1 aromatic heterocycles. The van der Waals surface area contributed by atoms with E-state index in [0.29, 0.717) is 22.5 Å². The van der Waals surface area contributed by atoms with Gasteiger partial charge in [0.05, 0.1) is 10.6 Å². The Morgan fingerprint density at radius 2 is 2.00 bits per heavy atom. The molecule has 0 radical (unpaired) electrons. The third kappa shape index (κ3) is 2.65. The minimum atomic E-state index is 0.0162. The molecule has 1 aliphatic heterocycles. The van der Waals surface area contributed by atoms with Crippen LogP contribution in [0.2, 0.25) is 0 Å². The average Bonchev–Trinajstić information content (AvgIpc) is 2.83. The Morgan fingerprint density at radius 3 is 2.50 bits per heavy atom. The summed E-state index contributed by atoms with van der Waals surface area (Å²) in [5.74, 6) is 0.0162. The van der Waals surface area contributed by atoms with E-state index in [1.54, 1.807) is 0 Å². The number of nitrogens with two attached hydrogens (primary N) is 1. The van der Waals surface area contributed by atoms with Gasteiger partial charge in [-0.15, -0.1) is 11.3 Å². The second kappa shape index (κ2) is 6.25. The quantitative estimate of drug-likeness (QED) is 0.858. The van der Waals surface area contributed by atoms with E-state index in [0.717, 1.165) is 37.7 Å². The molecule has 0 saturated carbocycles. The van der Waals surface area contributed by atoms with Crippen molar-refractivity contribution in [3.05, 3.63) is 10.4 Å². The highest BCUT2D eigenvalue weighted by molar-refractivity contribution is 7.19. The van der Waals surface area contributed by atoms with E-state index in [1.165, 1.54) is 11.3 Å². The molecule has 2 N–H and O–H groups in total. The standard InChI is InChI=1S/C14H20N4OS/c1-3-11(19)13-12(16)10(9-15)14(20-13)18-7-5-17(4-2)6-8-18/h3-8,16H2,1-2H3. The van der Waals surface area contributed by atoms with Gasteiger partial charge in [0, 0.05) is 32.6 Å². The highest BCUT2D eigenvalue weighted by Gasteiger charge is 2.25. The maximum absolute atomic E-state index is 11.9. The minimum absolute atomic E-state index is 0.0162. The number of Topliss-reactive ketones (excluding diaryl/α,β-unsaturated/α-hetero) is 1. The van der Waals surface area contributed by atoms with Crippen LogP contribution in [0.3, 0.4) is 0 Å². The predicted molar refractivity (Wildman–Crippen MR) is 82.4 cm³/mol. The lowest BCUT2D eigenvalue weighted by atomic mass is 10.2. The molecule has 1 fully saturated rings. The first-order chi connectivity index (χ1) is 9.62. The maximum atomic E-state index is 11.9. The van der Waals surface area contributed by atoms with E-state index >= 15 is 0 Å². The summed E-state index contributed by atoms with van der Waals surface area (Å²) in [5, 5.41) is 10.2. The van der Waals surface area contributed by atoms with Crippen LogP contribution in [0.5, 0.6) is 0 Å². The highest BCUT2D eigenvalue weighted by atomic mass is 32.1. The van der Waals surface area contributed by atoms with E-state index in [1.807, 2.05) is 6.92 Å². The number of rotatable bonds is 4. The van der Waals surface area contributed by atoms with E-state index < -0.39 is 0 Å². The second-order valence-electron chi connectivity index (χ2n) is 4.83. The average molecular weight is 292 g/mol. The van der Waals surface area contributed by atoms with E-state index in [4.69, 9.17) is 5.73 Å². The summed E-state index contributed by atoms with van der Waals surface area (Å²) in [7, 11) is 0. The number of nitrogen functional groups attached to an aromatic ring is 1. The number of anilines is 2. The third-order valence-corrected chi connectivity index (χ3v) is 5.03. The Hall–Kier alpha value is -1.58. The first-order valence-electron chi connectivity index (χ1n) is 6.95. The van der Waals surface area contributed by atoms with E-state index in [-0.39, 0.29) is 5.78 Å². The zero-order valence-electron chi connectivity index (χ0n) is 12.0. The molecule has 1 aromatic rings. The van der Waals surface area contributed by atoms with Crippen molar-refractivity contribution in [2.24, 2.45) is 0 Å². The Labute approximate surface area is 123 Å². The molecular formula is C14H20N4OS. The van der Waals surface area contributed by atoms with Crippen molar-refractivity contribution < 1.29 is 4.79 Å². The van der Waals surface area contributed by atoms with Crippen LogP contribution in [-0.4, -0.2) is 43.4 Å². The molecule has 2 heterocycles. The lowest BCUT2D eigenvalue weighted by Crippen LogP contribution is -2.46. The molecule has 0 unspecified atom stereocenters. The third-order valence-electron chi connectivity index (χ3n) is 3.72. The fourth-order valence-electron chi connectivity index (χ4n) is 2.40. The number of carbonyl (C=O) groups excluding carboxylic acids is 1. The first kappa shape index (κ1) is 14.8. The Bertz CT molecular complexity index is 538. The second-order valence-corrected chi connectivity index (χ2v) is 5.83. The van der Waals surface area contributed by atoms with Gasteiger partial charge >= 0.3 is 0 Å². The number of nitrogens with zero attached hydrogens (tertiary/aromatic N) is 3. The van der Waals surface area contributed by atoms with Gasteiger partial charge in [0.1, 0.15) is 16.6 Å². The fourth-order valence-corrected chi connectivity index (χ4v) is 3.63. The van der Waals surface area contributed by atoms with Gasteiger partial charge in [0.25, 0.3) is 0 Å². The molecule has 0 aromatic carbocycles. The summed E-state index contributed by atoms with van der Waals surface area (Å²) >= 11 is 1.37. The summed E-state index contributed by atoms with van der Waals surface area (Å²) in [4.78, 5) is 17.0. The molecule has 6 heteroatoms. The topological polar surface area (TPSA) is 73.4 Å². The largest absolute Gasteiger partial charge is 0.396 e. The highest BCUT2D eigenvalue weighted by Crippen LogP contribution is 2.38. The van der Waals surface area contributed by atoms with Gasteiger partial charge < -0.3 is 15.5 Å². The van der Waals surface area contributed by atoms with Crippen LogP contribution in [0.25, 0.3) is 0 Å². The number of ketones is 1. The van der Waals surface area contributed by atoms with Crippen molar-refractivity contribution >= 4 is 27.8 Å².